The Bertz CT molecular complexity index is 238. The number of aromatic hydroxyl groups is 1. The Kier molecular flexibility index (Phi) is 3.41. The van der Waals surface area contributed by atoms with Crippen LogP contribution in [0.15, 0.2) is 24.3 Å². The van der Waals surface area contributed by atoms with Crippen LogP contribution in [-0.2, 0) is 0 Å². The van der Waals surface area contributed by atoms with E-state index in [2.05, 4.69) is 5.32 Å². The van der Waals surface area contributed by atoms with Gasteiger partial charge in [0, 0.05) is 18.3 Å². The van der Waals surface area contributed by atoms with Crippen molar-refractivity contribution >= 4 is 5.69 Å². The fourth-order valence-electron chi connectivity index (χ4n) is 0.951. The number of nitrogens with two attached hydrogens (primary N) is 1. The van der Waals surface area contributed by atoms with Crippen molar-refractivity contribution in [3.8, 4) is 5.75 Å². The van der Waals surface area contributed by atoms with Gasteiger partial charge in [0.2, 0.25) is 0 Å². The third-order valence-electron chi connectivity index (χ3n) is 1.56. The van der Waals surface area contributed by atoms with Gasteiger partial charge in [0.15, 0.2) is 0 Å². The van der Waals surface area contributed by atoms with Crippen molar-refractivity contribution in [1.29, 1.82) is 0 Å². The smallest absolute Gasteiger partial charge is 0.117 e. The SMILES string of the molecule is NCCCNc1cccc(O)c1. The molecule has 0 unspecified atom stereocenters. The molecule has 4 N–H and O–H groups in total. The van der Waals surface area contributed by atoms with Gasteiger partial charge in [-0.15, -0.1) is 0 Å². The van der Waals surface area contributed by atoms with Gasteiger partial charge in [0.1, 0.15) is 5.75 Å². The maximum Gasteiger partial charge on any atom is 0.117 e. The lowest BCUT2D eigenvalue weighted by Gasteiger charge is -2.04. The third kappa shape index (κ3) is 2.80. The lowest BCUT2D eigenvalue weighted by atomic mass is 10.3. The largest absolute Gasteiger partial charge is 0.508 e. The molecule has 1 aromatic rings. The molecule has 0 aliphatic carbocycles. The predicted molar refractivity (Wildman–Crippen MR) is 50.3 cm³/mol. The van der Waals surface area contributed by atoms with Gasteiger partial charge in [0.25, 0.3) is 0 Å². The van der Waals surface area contributed by atoms with Crippen LogP contribution < -0.4 is 11.1 Å². The van der Waals surface area contributed by atoms with Crippen molar-refractivity contribution in [1.82, 2.24) is 0 Å². The van der Waals surface area contributed by atoms with Crippen LogP contribution in [0, 0.1) is 0 Å². The van der Waals surface area contributed by atoms with E-state index in [1.165, 1.54) is 0 Å². The fourth-order valence-corrected chi connectivity index (χ4v) is 0.951. The zero-order valence-corrected chi connectivity index (χ0v) is 6.96. The molecule has 0 fully saturated rings. The number of phenols is 1. The van der Waals surface area contributed by atoms with Gasteiger partial charge in [0.05, 0.1) is 0 Å². The van der Waals surface area contributed by atoms with Crippen molar-refractivity contribution in [3.05, 3.63) is 24.3 Å². The van der Waals surface area contributed by atoms with Crippen molar-refractivity contribution in [2.75, 3.05) is 18.4 Å². The molecule has 0 atom stereocenters. The number of nitrogens with one attached hydrogen (secondary N) is 1. The highest BCUT2D eigenvalue weighted by Gasteiger charge is 1.91. The summed E-state index contributed by atoms with van der Waals surface area (Å²) < 4.78 is 0. The molecule has 0 aliphatic heterocycles. The second-order valence-electron chi connectivity index (χ2n) is 2.62. The van der Waals surface area contributed by atoms with E-state index < -0.39 is 0 Å². The molecular weight excluding hydrogens is 152 g/mol. The summed E-state index contributed by atoms with van der Waals surface area (Å²) >= 11 is 0. The first-order chi connectivity index (χ1) is 5.83. The minimum atomic E-state index is 0.285. The summed E-state index contributed by atoms with van der Waals surface area (Å²) in [6.07, 6.45) is 0.940. The van der Waals surface area contributed by atoms with Crippen molar-refractivity contribution in [3.63, 3.8) is 0 Å². The first-order valence-electron chi connectivity index (χ1n) is 4.06. The molecule has 0 amide bonds. The zero-order chi connectivity index (χ0) is 8.81. The van der Waals surface area contributed by atoms with E-state index in [0.717, 1.165) is 18.7 Å². The normalized spacial score (nSPS) is 9.75. The Morgan fingerprint density at radius 1 is 1.42 bits per heavy atom. The zero-order valence-electron chi connectivity index (χ0n) is 6.96. The van der Waals surface area contributed by atoms with Gasteiger partial charge < -0.3 is 16.2 Å². The molecule has 0 radical (unpaired) electrons. The summed E-state index contributed by atoms with van der Waals surface area (Å²) in [5.74, 6) is 0.285. The molecule has 0 aliphatic rings. The lowest BCUT2D eigenvalue weighted by molar-refractivity contribution is 0.475. The van der Waals surface area contributed by atoms with E-state index in [0.29, 0.717) is 6.54 Å². The molecule has 3 heteroatoms. The number of phenolic OH excluding ortho intramolecular Hbond substituents is 1. The predicted octanol–water partition coefficient (Wildman–Crippen LogP) is 1.15. The van der Waals surface area contributed by atoms with Crippen molar-refractivity contribution < 1.29 is 5.11 Å². The summed E-state index contributed by atoms with van der Waals surface area (Å²) in [6.45, 7) is 1.53. The van der Waals surface area contributed by atoms with Crippen LogP contribution in [0.4, 0.5) is 5.69 Å². The molecule has 0 bridgehead atoms. The van der Waals surface area contributed by atoms with Gasteiger partial charge >= 0.3 is 0 Å². The summed E-state index contributed by atoms with van der Waals surface area (Å²) in [5.41, 5.74) is 6.27. The molecule has 1 aromatic carbocycles. The molecule has 0 heterocycles. The standard InChI is InChI=1S/C9H14N2O/c10-5-2-6-11-8-3-1-4-9(12)7-8/h1,3-4,7,11-12H,2,5-6,10H2. The maximum absolute atomic E-state index is 9.10. The van der Waals surface area contributed by atoms with E-state index >= 15 is 0 Å². The second kappa shape index (κ2) is 4.62. The molecule has 3 nitrogen and oxygen atoms in total. The van der Waals surface area contributed by atoms with E-state index in [4.69, 9.17) is 10.8 Å². The molecule has 12 heavy (non-hydrogen) atoms. The first kappa shape index (κ1) is 8.87. The van der Waals surface area contributed by atoms with E-state index in [9.17, 15) is 0 Å². The Morgan fingerprint density at radius 2 is 2.25 bits per heavy atom. The highest BCUT2D eigenvalue weighted by Crippen LogP contribution is 2.14. The third-order valence-corrected chi connectivity index (χ3v) is 1.56. The summed E-state index contributed by atoms with van der Waals surface area (Å²) in [7, 11) is 0. The van der Waals surface area contributed by atoms with Crippen LogP contribution >= 0.6 is 0 Å². The molecular formula is C9H14N2O. The summed E-state index contributed by atoms with van der Waals surface area (Å²) in [6, 6.07) is 7.06. The minimum absolute atomic E-state index is 0.285. The van der Waals surface area contributed by atoms with Crippen LogP contribution in [0.5, 0.6) is 5.75 Å². The summed E-state index contributed by atoms with van der Waals surface area (Å²) in [4.78, 5) is 0. The number of hydrogen-bond donors (Lipinski definition) is 3. The van der Waals surface area contributed by atoms with Crippen molar-refractivity contribution in [2.24, 2.45) is 5.73 Å². The van der Waals surface area contributed by atoms with E-state index in [1.54, 1.807) is 18.2 Å². The average molecular weight is 166 g/mol. The van der Waals surface area contributed by atoms with E-state index in [-0.39, 0.29) is 5.75 Å². The van der Waals surface area contributed by atoms with E-state index in [1.807, 2.05) is 6.07 Å². The minimum Gasteiger partial charge on any atom is -0.508 e. The molecule has 0 aromatic heterocycles. The molecule has 0 spiro atoms. The molecule has 0 saturated carbocycles. The highest BCUT2D eigenvalue weighted by atomic mass is 16.3. The van der Waals surface area contributed by atoms with Gasteiger partial charge in [-0.1, -0.05) is 6.07 Å². The number of benzene rings is 1. The van der Waals surface area contributed by atoms with Crippen LogP contribution in [0.1, 0.15) is 6.42 Å². The summed E-state index contributed by atoms with van der Waals surface area (Å²) in [5, 5.41) is 12.3. The van der Waals surface area contributed by atoms with Crippen molar-refractivity contribution in [2.45, 2.75) is 6.42 Å². The number of rotatable bonds is 4. The Morgan fingerprint density at radius 3 is 2.92 bits per heavy atom. The first-order valence-corrected chi connectivity index (χ1v) is 4.06. The molecule has 0 saturated heterocycles. The average Bonchev–Trinajstić information content (AvgIpc) is 2.05. The van der Waals surface area contributed by atoms with Gasteiger partial charge in [-0.25, -0.2) is 0 Å². The molecule has 66 valence electrons. The van der Waals surface area contributed by atoms with Gasteiger partial charge in [-0.05, 0) is 25.1 Å². The van der Waals surface area contributed by atoms with Crippen LogP contribution in [0.3, 0.4) is 0 Å². The molecule has 1 rings (SSSR count). The van der Waals surface area contributed by atoms with Gasteiger partial charge in [-0.3, -0.25) is 0 Å². The van der Waals surface area contributed by atoms with Gasteiger partial charge in [-0.2, -0.15) is 0 Å². The van der Waals surface area contributed by atoms with Crippen LogP contribution in [0.2, 0.25) is 0 Å². The topological polar surface area (TPSA) is 58.3 Å². The Hall–Kier alpha value is -1.22. The second-order valence-corrected chi connectivity index (χ2v) is 2.62. The monoisotopic (exact) mass is 166 g/mol. The van der Waals surface area contributed by atoms with Crippen LogP contribution in [-0.4, -0.2) is 18.2 Å². The highest BCUT2D eigenvalue weighted by molar-refractivity contribution is 5.47. The maximum atomic E-state index is 9.10. The fraction of sp³-hybridized carbons (Fsp3) is 0.333. The Labute approximate surface area is 72.2 Å². The quantitative estimate of drug-likeness (QED) is 0.588. The Balaban J connectivity index is 2.41. The number of anilines is 1. The van der Waals surface area contributed by atoms with Crippen LogP contribution in [0.25, 0.3) is 0 Å². The lowest BCUT2D eigenvalue weighted by Crippen LogP contribution is -2.08. The number of hydrogen-bond acceptors (Lipinski definition) is 3.